The maximum absolute atomic E-state index is 14.0. The lowest BCUT2D eigenvalue weighted by Crippen LogP contribution is -2.49. The molecule has 7 heteroatoms. The second-order valence-corrected chi connectivity index (χ2v) is 6.50. The minimum absolute atomic E-state index is 0.0619. The van der Waals surface area contributed by atoms with Crippen LogP contribution in [0.15, 0.2) is 48.7 Å². The molecule has 0 spiro atoms. The molecule has 0 atom stereocenters. The third-order valence-electron chi connectivity index (χ3n) is 4.50. The lowest BCUT2D eigenvalue weighted by atomic mass is 10.1. The molecule has 2 heterocycles. The second-order valence-electron chi connectivity index (χ2n) is 6.09. The molecule has 0 radical (unpaired) electrons. The number of amides is 1. The fourth-order valence-electron chi connectivity index (χ4n) is 3.10. The number of carbonyl (C=O) groups is 1. The monoisotopic (exact) mass is 370 g/mol. The third kappa shape index (κ3) is 3.08. The Kier molecular flexibility index (Phi) is 4.42. The highest BCUT2D eigenvalue weighted by Gasteiger charge is 2.26. The summed E-state index contributed by atoms with van der Waals surface area (Å²) in [6, 6.07) is 12.0. The predicted molar refractivity (Wildman–Crippen MR) is 99.1 cm³/mol. The summed E-state index contributed by atoms with van der Waals surface area (Å²) in [6.45, 7) is 2.14. The number of halogens is 2. The van der Waals surface area contributed by atoms with E-state index in [4.69, 9.17) is 11.6 Å². The van der Waals surface area contributed by atoms with Gasteiger partial charge in [-0.05, 0) is 24.3 Å². The van der Waals surface area contributed by atoms with Crippen molar-refractivity contribution in [2.75, 3.05) is 31.1 Å². The number of anilines is 1. The van der Waals surface area contributed by atoms with Crippen molar-refractivity contribution in [1.29, 1.82) is 0 Å². The minimum Gasteiger partial charge on any atom is -0.352 e. The number of benzene rings is 2. The van der Waals surface area contributed by atoms with Crippen molar-refractivity contribution >= 4 is 34.4 Å². The zero-order valence-corrected chi connectivity index (χ0v) is 14.7. The van der Waals surface area contributed by atoms with E-state index in [0.29, 0.717) is 26.2 Å². The van der Waals surface area contributed by atoms with Gasteiger partial charge in [-0.2, -0.15) is 0 Å². The van der Waals surface area contributed by atoms with E-state index in [2.05, 4.69) is 14.9 Å². The van der Waals surface area contributed by atoms with Gasteiger partial charge < -0.3 is 9.80 Å². The van der Waals surface area contributed by atoms with Crippen molar-refractivity contribution < 1.29 is 9.18 Å². The zero-order valence-electron chi connectivity index (χ0n) is 13.9. The van der Waals surface area contributed by atoms with E-state index < -0.39 is 5.82 Å². The van der Waals surface area contributed by atoms with Gasteiger partial charge in [0.1, 0.15) is 11.6 Å². The molecule has 3 aromatic rings. The predicted octanol–water partition coefficient (Wildman–Crippen LogP) is 3.38. The first-order valence-electron chi connectivity index (χ1n) is 8.33. The van der Waals surface area contributed by atoms with Crippen LogP contribution in [-0.2, 0) is 0 Å². The van der Waals surface area contributed by atoms with Crippen molar-refractivity contribution in [3.05, 3.63) is 65.1 Å². The number of piperazine rings is 1. The number of hydrogen-bond donors (Lipinski definition) is 0. The summed E-state index contributed by atoms with van der Waals surface area (Å²) in [5, 5.41) is 0.137. The van der Waals surface area contributed by atoms with E-state index >= 15 is 0 Å². The molecule has 5 nitrogen and oxygen atoms in total. The first-order chi connectivity index (χ1) is 12.6. The molecule has 26 heavy (non-hydrogen) atoms. The van der Waals surface area contributed by atoms with Crippen LogP contribution in [0.4, 0.5) is 10.2 Å². The van der Waals surface area contributed by atoms with E-state index in [1.165, 1.54) is 18.2 Å². The topological polar surface area (TPSA) is 49.3 Å². The second kappa shape index (κ2) is 6.88. The van der Waals surface area contributed by atoms with Crippen LogP contribution < -0.4 is 4.90 Å². The molecule has 1 saturated heterocycles. The Morgan fingerprint density at radius 3 is 2.46 bits per heavy atom. The molecule has 1 aromatic heterocycles. The highest BCUT2D eigenvalue weighted by molar-refractivity contribution is 6.33. The van der Waals surface area contributed by atoms with Crippen LogP contribution in [-0.4, -0.2) is 47.0 Å². The molecule has 0 saturated carbocycles. The zero-order chi connectivity index (χ0) is 18.1. The Balaban J connectivity index is 1.49. The number of fused-ring (bicyclic) bond motifs is 1. The van der Waals surface area contributed by atoms with Crippen LogP contribution in [0.25, 0.3) is 11.0 Å². The molecule has 4 rings (SSSR count). The number of aromatic nitrogens is 2. The van der Waals surface area contributed by atoms with Gasteiger partial charge in [0, 0.05) is 26.2 Å². The molecule has 0 aliphatic carbocycles. The summed E-state index contributed by atoms with van der Waals surface area (Å²) in [6.07, 6.45) is 1.74. The highest BCUT2D eigenvalue weighted by atomic mass is 35.5. The third-order valence-corrected chi connectivity index (χ3v) is 4.82. The number of rotatable bonds is 2. The Labute approximate surface area is 155 Å². The van der Waals surface area contributed by atoms with Crippen molar-refractivity contribution in [1.82, 2.24) is 14.9 Å². The van der Waals surface area contributed by atoms with Gasteiger partial charge in [0.25, 0.3) is 5.91 Å². The number of para-hydroxylation sites is 2. The molecule has 1 amide bonds. The Bertz CT molecular complexity index is 952. The van der Waals surface area contributed by atoms with Gasteiger partial charge in [0.05, 0.1) is 27.8 Å². The Morgan fingerprint density at radius 2 is 1.73 bits per heavy atom. The van der Waals surface area contributed by atoms with Crippen LogP contribution in [0, 0.1) is 5.82 Å². The lowest BCUT2D eigenvalue weighted by molar-refractivity contribution is 0.0742. The molecule has 1 fully saturated rings. The van der Waals surface area contributed by atoms with Crippen LogP contribution >= 0.6 is 11.6 Å². The van der Waals surface area contributed by atoms with E-state index in [-0.39, 0.29) is 16.5 Å². The van der Waals surface area contributed by atoms with E-state index in [1.807, 2.05) is 24.3 Å². The smallest absolute Gasteiger partial charge is 0.258 e. The Hall–Kier alpha value is -2.73. The summed E-state index contributed by atoms with van der Waals surface area (Å²) in [4.78, 5) is 25.4. The van der Waals surface area contributed by atoms with Gasteiger partial charge in [-0.25, -0.2) is 9.37 Å². The van der Waals surface area contributed by atoms with Gasteiger partial charge in [-0.3, -0.25) is 9.78 Å². The normalized spacial score (nSPS) is 14.7. The molecular weight excluding hydrogens is 355 g/mol. The first-order valence-corrected chi connectivity index (χ1v) is 8.71. The number of carbonyl (C=O) groups excluding carboxylic acids is 1. The van der Waals surface area contributed by atoms with Gasteiger partial charge in [-0.1, -0.05) is 29.8 Å². The van der Waals surface area contributed by atoms with Crippen LogP contribution in [0.5, 0.6) is 0 Å². The fourth-order valence-corrected chi connectivity index (χ4v) is 3.34. The summed E-state index contributed by atoms with van der Waals surface area (Å²) in [5.41, 5.74) is 1.62. The van der Waals surface area contributed by atoms with Crippen LogP contribution in [0.3, 0.4) is 0 Å². The van der Waals surface area contributed by atoms with Crippen molar-refractivity contribution in [3.8, 4) is 0 Å². The summed E-state index contributed by atoms with van der Waals surface area (Å²) < 4.78 is 14.0. The maximum atomic E-state index is 14.0. The molecule has 132 valence electrons. The van der Waals surface area contributed by atoms with Crippen molar-refractivity contribution in [3.63, 3.8) is 0 Å². The molecule has 2 aromatic carbocycles. The standard InChI is InChI=1S/C19H16ClFN4O/c20-13-4-3-5-14(21)18(13)19(26)25-10-8-24(9-11-25)17-12-22-15-6-1-2-7-16(15)23-17/h1-7,12H,8-11H2. The summed E-state index contributed by atoms with van der Waals surface area (Å²) in [7, 11) is 0. The van der Waals surface area contributed by atoms with E-state index in [0.717, 1.165) is 16.9 Å². The van der Waals surface area contributed by atoms with E-state index in [1.54, 1.807) is 11.1 Å². The maximum Gasteiger partial charge on any atom is 0.258 e. The van der Waals surface area contributed by atoms with E-state index in [9.17, 15) is 9.18 Å². The minimum atomic E-state index is -0.592. The first kappa shape index (κ1) is 16.7. The largest absolute Gasteiger partial charge is 0.352 e. The van der Waals surface area contributed by atoms with Gasteiger partial charge in [0.2, 0.25) is 0 Å². The quantitative estimate of drug-likeness (QED) is 0.694. The molecular formula is C19H16ClFN4O. The average Bonchev–Trinajstić information content (AvgIpc) is 2.67. The molecule has 1 aliphatic heterocycles. The molecule has 0 bridgehead atoms. The van der Waals surface area contributed by atoms with Crippen molar-refractivity contribution in [2.24, 2.45) is 0 Å². The Morgan fingerprint density at radius 1 is 1.00 bits per heavy atom. The lowest BCUT2D eigenvalue weighted by Gasteiger charge is -2.35. The average molecular weight is 371 g/mol. The van der Waals surface area contributed by atoms with Crippen molar-refractivity contribution in [2.45, 2.75) is 0 Å². The highest BCUT2D eigenvalue weighted by Crippen LogP contribution is 2.22. The molecule has 0 unspecified atom stereocenters. The van der Waals surface area contributed by atoms with Gasteiger partial charge in [-0.15, -0.1) is 0 Å². The summed E-state index contributed by atoms with van der Waals surface area (Å²) in [5.74, 6) is -0.192. The van der Waals surface area contributed by atoms with Gasteiger partial charge in [0.15, 0.2) is 0 Å². The fraction of sp³-hybridized carbons (Fsp3) is 0.211. The number of hydrogen-bond acceptors (Lipinski definition) is 4. The number of nitrogens with zero attached hydrogens (tertiary/aromatic N) is 4. The van der Waals surface area contributed by atoms with Crippen LogP contribution in [0.1, 0.15) is 10.4 Å². The molecule has 1 aliphatic rings. The van der Waals surface area contributed by atoms with Crippen LogP contribution in [0.2, 0.25) is 5.02 Å². The SMILES string of the molecule is O=C(c1c(F)cccc1Cl)N1CCN(c2cnc3ccccc3n2)CC1. The molecule has 0 N–H and O–H groups in total. The summed E-state index contributed by atoms with van der Waals surface area (Å²) >= 11 is 6.01. The van der Waals surface area contributed by atoms with Gasteiger partial charge >= 0.3 is 0 Å².